The molecule has 0 aromatic heterocycles. The second kappa shape index (κ2) is 6.98. The van der Waals surface area contributed by atoms with E-state index in [0.717, 1.165) is 6.08 Å². The fourth-order valence-electron chi connectivity index (χ4n) is 2.26. The maximum absolute atomic E-state index is 13.2. The van der Waals surface area contributed by atoms with E-state index in [9.17, 15) is 36.0 Å². The van der Waals surface area contributed by atoms with Crippen molar-refractivity contribution in [3.8, 4) is 0 Å². The highest BCUT2D eigenvalue weighted by Gasteiger charge is 2.69. The number of sulfonamides is 1. The van der Waals surface area contributed by atoms with E-state index < -0.39 is 46.5 Å². The van der Waals surface area contributed by atoms with Crippen molar-refractivity contribution in [3.05, 3.63) is 23.5 Å². The van der Waals surface area contributed by atoms with Gasteiger partial charge in [0.15, 0.2) is 0 Å². The van der Waals surface area contributed by atoms with E-state index in [4.69, 9.17) is 0 Å². The molecular weight excluding hydrogens is 425 g/mol. The summed E-state index contributed by atoms with van der Waals surface area (Å²) < 4.78 is 61.1. The minimum Gasteiger partial charge on any atom is -0.377 e. The van der Waals surface area contributed by atoms with Gasteiger partial charge in [-0.25, -0.2) is 4.79 Å². The molecule has 1 aliphatic rings. The first-order valence-corrected chi connectivity index (χ1v) is 8.91. The van der Waals surface area contributed by atoms with E-state index in [-0.39, 0.29) is 5.70 Å². The lowest BCUT2D eigenvalue weighted by Gasteiger charge is -2.38. The Balaban J connectivity index is 4.04. The fourth-order valence-corrected chi connectivity index (χ4v) is 4.64. The third-order valence-corrected chi connectivity index (χ3v) is 6.15. The number of likely N-dealkylation sites (N-methyl/N-ethyl adjacent to an activating group) is 1. The highest BCUT2D eigenvalue weighted by Crippen LogP contribution is 2.43. The molecule has 1 rings (SSSR count). The predicted octanol–water partition coefficient (Wildman–Crippen LogP) is 1.33. The number of alkyl halides is 3. The number of hydrogen-bond acceptors (Lipinski definition) is 6. The minimum absolute atomic E-state index is 0.104. The van der Waals surface area contributed by atoms with E-state index >= 15 is 0 Å². The number of rotatable bonds is 4. The number of carbonyl (C=O) groups excluding carboxylic acids is 3. The molecule has 0 aliphatic carbocycles. The molecule has 1 amide bonds. The van der Waals surface area contributed by atoms with Gasteiger partial charge in [0, 0.05) is 20.2 Å². The van der Waals surface area contributed by atoms with Crippen molar-refractivity contribution in [1.29, 1.82) is 0 Å². The Morgan fingerprint density at radius 3 is 1.92 bits per heavy atom. The van der Waals surface area contributed by atoms with E-state index in [1.807, 2.05) is 0 Å². The van der Waals surface area contributed by atoms with Crippen LogP contribution in [0.1, 0.15) is 0 Å². The number of thiol groups is 3. The second-order valence-corrected chi connectivity index (χ2v) is 8.21. The van der Waals surface area contributed by atoms with Crippen molar-refractivity contribution in [1.82, 2.24) is 4.90 Å². The molecule has 2 atom stereocenters. The first kappa shape index (κ1) is 22.1. The number of carbonyl (C=O) groups is 3. The molecule has 14 heteroatoms. The van der Waals surface area contributed by atoms with Crippen molar-refractivity contribution in [3.63, 3.8) is 0 Å². The highest BCUT2D eigenvalue weighted by molar-refractivity contribution is 7.98. The number of nitrogens with zero attached hydrogens (tertiary/aromatic N) is 2. The van der Waals surface area contributed by atoms with Gasteiger partial charge in [-0.15, -0.1) is 12.6 Å². The zero-order valence-corrected chi connectivity index (χ0v) is 16.1. The third kappa shape index (κ3) is 3.37. The van der Waals surface area contributed by atoms with Crippen LogP contribution in [0.4, 0.5) is 18.0 Å². The summed E-state index contributed by atoms with van der Waals surface area (Å²) >= 11 is 10.1. The maximum atomic E-state index is 13.2. The molecule has 0 spiro atoms. The second-order valence-electron chi connectivity index (χ2n) is 4.97. The zero-order valence-electron chi connectivity index (χ0n) is 12.6. The summed E-state index contributed by atoms with van der Waals surface area (Å²) in [5.41, 5.74) is -6.75. The van der Waals surface area contributed by atoms with Crippen LogP contribution in [-0.2, 0) is 19.6 Å². The summed E-state index contributed by atoms with van der Waals surface area (Å²) in [7, 11) is -3.58. The molecule has 0 N–H and O–H groups in total. The van der Waals surface area contributed by atoms with E-state index in [1.54, 1.807) is 0 Å². The van der Waals surface area contributed by atoms with Gasteiger partial charge in [0.1, 0.15) is 6.20 Å². The molecule has 0 aromatic rings. The molecule has 7 nitrogen and oxygen atoms in total. The van der Waals surface area contributed by atoms with E-state index in [2.05, 4.69) is 37.9 Å². The molecule has 0 saturated carbocycles. The average Bonchev–Trinajstić information content (AvgIpc) is 2.43. The fraction of sp³-hybridized carbons (Fsp3) is 0.364. The molecule has 140 valence electrons. The number of halogens is 3. The number of amides is 1. The summed E-state index contributed by atoms with van der Waals surface area (Å²) in [6.07, 6.45) is 1.14. The summed E-state index contributed by atoms with van der Waals surface area (Å²) in [5.74, 6) is 0. The number of allylic oxidation sites excluding steroid dienone is 1. The minimum atomic E-state index is -6.35. The van der Waals surface area contributed by atoms with Crippen LogP contribution in [0, 0.1) is 0 Å². The molecule has 1 aliphatic heterocycles. The number of quaternary nitrogens is 1. The van der Waals surface area contributed by atoms with Gasteiger partial charge in [-0.2, -0.15) is 21.6 Å². The molecule has 0 aromatic carbocycles. The Kier molecular flexibility index (Phi) is 6.17. The van der Waals surface area contributed by atoms with Crippen LogP contribution in [-0.4, -0.2) is 58.3 Å². The molecule has 0 bridgehead atoms. The molecule has 25 heavy (non-hydrogen) atoms. The molecule has 0 fully saturated rings. The van der Waals surface area contributed by atoms with Gasteiger partial charge in [-0.05, 0) is 12.6 Å². The zero-order chi connectivity index (χ0) is 20.0. The van der Waals surface area contributed by atoms with Crippen LogP contribution in [0.25, 0.3) is 0 Å². The Bertz CT molecular complexity index is 803. The van der Waals surface area contributed by atoms with Crippen LogP contribution in [0.3, 0.4) is 0 Å². The van der Waals surface area contributed by atoms with Crippen LogP contribution >= 0.6 is 37.9 Å². The smallest absolute Gasteiger partial charge is 0.377 e. The molecule has 2 unspecified atom stereocenters. The van der Waals surface area contributed by atoms with E-state index in [0.29, 0.717) is 6.20 Å². The highest BCUT2D eigenvalue weighted by atomic mass is 32.2. The molecular formula is C11H12F3N2O5S4+. The summed E-state index contributed by atoms with van der Waals surface area (Å²) in [4.78, 5) is 36.9. The van der Waals surface area contributed by atoms with Crippen molar-refractivity contribution < 1.29 is 39.9 Å². The lowest BCUT2D eigenvalue weighted by atomic mass is 10.0. The SMILES string of the molecule is CN(C)C1=C(C(=O)S)C(C(=O)S)[N+](C(=O)S)(S(=O)(=O)C(F)(F)F)C=C1. The standard InChI is InChI=1S/C11H11F3N2O5S4/c1-15(2)5-3-4-16(10(19)24,25(20,21)11(12,13)14)7(9(18)23)6(5)8(17)22/h3-4,7H,1-2H3,(H2-,17,18,19,22,23,24)/p+1. The summed E-state index contributed by atoms with van der Waals surface area (Å²) in [5, 5.41) is -4.50. The van der Waals surface area contributed by atoms with Crippen molar-refractivity contribution in [2.24, 2.45) is 0 Å². The quantitative estimate of drug-likeness (QED) is 0.454. The van der Waals surface area contributed by atoms with Gasteiger partial charge in [-0.1, -0.05) is 16.5 Å². The average molecular weight is 437 g/mol. The van der Waals surface area contributed by atoms with Crippen molar-refractivity contribution in [2.75, 3.05) is 14.1 Å². The molecule has 1 heterocycles. The largest absolute Gasteiger partial charge is 0.550 e. The van der Waals surface area contributed by atoms with Gasteiger partial charge in [0.2, 0.25) is 11.2 Å². The Hall–Kier alpha value is -0.960. The molecule has 0 radical (unpaired) electrons. The van der Waals surface area contributed by atoms with Gasteiger partial charge in [-0.3, -0.25) is 9.59 Å². The predicted molar refractivity (Wildman–Crippen MR) is 91.2 cm³/mol. The first-order valence-electron chi connectivity index (χ1n) is 6.13. The lowest BCUT2D eigenvalue weighted by molar-refractivity contribution is -0.672. The van der Waals surface area contributed by atoms with Gasteiger partial charge in [0.05, 0.1) is 11.3 Å². The van der Waals surface area contributed by atoms with Gasteiger partial charge in [0.25, 0.3) is 5.12 Å². The van der Waals surface area contributed by atoms with Crippen LogP contribution < -0.4 is 0 Å². The maximum Gasteiger partial charge on any atom is 0.550 e. The summed E-state index contributed by atoms with van der Waals surface area (Å²) in [6, 6.07) is -2.44. The van der Waals surface area contributed by atoms with Gasteiger partial charge < -0.3 is 4.90 Å². The lowest BCUT2D eigenvalue weighted by Crippen LogP contribution is -2.65. The Morgan fingerprint density at radius 2 is 1.64 bits per heavy atom. The van der Waals surface area contributed by atoms with Gasteiger partial charge >= 0.3 is 20.8 Å². The van der Waals surface area contributed by atoms with Crippen molar-refractivity contribution >= 4 is 63.4 Å². The van der Waals surface area contributed by atoms with Crippen molar-refractivity contribution in [2.45, 2.75) is 11.6 Å². The third-order valence-electron chi connectivity index (χ3n) is 3.32. The Labute approximate surface area is 157 Å². The van der Waals surface area contributed by atoms with Crippen LogP contribution in [0.2, 0.25) is 0 Å². The normalized spacial score (nSPS) is 24.2. The monoisotopic (exact) mass is 437 g/mol. The molecule has 0 saturated heterocycles. The Morgan fingerprint density at radius 1 is 1.16 bits per heavy atom. The van der Waals surface area contributed by atoms with Crippen LogP contribution in [0.15, 0.2) is 23.5 Å². The summed E-state index contributed by atoms with van der Waals surface area (Å²) in [6.45, 7) is 0. The first-order chi connectivity index (χ1) is 11.1. The van der Waals surface area contributed by atoms with Crippen LogP contribution in [0.5, 0.6) is 0 Å². The number of hydrogen-bond donors (Lipinski definition) is 3. The topological polar surface area (TPSA) is 88.6 Å². The van der Waals surface area contributed by atoms with E-state index in [1.165, 1.54) is 19.0 Å².